The molecule has 110 valence electrons. The molecule has 1 rings (SSSR count). The molecule has 0 aliphatic heterocycles. The predicted molar refractivity (Wildman–Crippen MR) is 79.0 cm³/mol. The third-order valence-corrected chi connectivity index (χ3v) is 2.90. The van der Waals surface area contributed by atoms with E-state index in [1.165, 1.54) is 6.92 Å². The van der Waals surface area contributed by atoms with Crippen molar-refractivity contribution in [2.24, 2.45) is 0 Å². The van der Waals surface area contributed by atoms with Gasteiger partial charge in [-0.15, -0.1) is 0 Å². The number of alkyl carbamates (subject to hydrolysis) is 1. The maximum absolute atomic E-state index is 11.8. The van der Waals surface area contributed by atoms with Crippen molar-refractivity contribution in [2.45, 2.75) is 27.7 Å². The molecule has 0 aliphatic carbocycles. The molecule has 1 aromatic rings. The number of aryl methyl sites for hydroxylation is 2. The monoisotopic (exact) mass is 278 g/mol. The molecular weight excluding hydrogens is 256 g/mol. The molecule has 0 radical (unpaired) electrons. The molecular formula is C15H22N2O3. The second-order valence-electron chi connectivity index (χ2n) is 4.61. The van der Waals surface area contributed by atoms with E-state index in [0.717, 1.165) is 16.8 Å². The molecule has 0 bridgehead atoms. The molecule has 0 aliphatic rings. The summed E-state index contributed by atoms with van der Waals surface area (Å²) in [6.45, 7) is 8.35. The zero-order valence-electron chi connectivity index (χ0n) is 12.5. The summed E-state index contributed by atoms with van der Waals surface area (Å²) in [6, 6.07) is 5.93. The van der Waals surface area contributed by atoms with Gasteiger partial charge in [0.2, 0.25) is 5.91 Å². The fourth-order valence-corrected chi connectivity index (χ4v) is 2.01. The Bertz CT molecular complexity index is 486. The Labute approximate surface area is 119 Å². The molecule has 20 heavy (non-hydrogen) atoms. The molecule has 1 N–H and O–H groups in total. The van der Waals surface area contributed by atoms with Gasteiger partial charge in [0, 0.05) is 25.7 Å². The number of amides is 2. The smallest absolute Gasteiger partial charge is 0.407 e. The average molecular weight is 278 g/mol. The lowest BCUT2D eigenvalue weighted by molar-refractivity contribution is -0.116. The lowest BCUT2D eigenvalue weighted by atomic mass is 10.1. The number of benzene rings is 1. The van der Waals surface area contributed by atoms with E-state index in [9.17, 15) is 9.59 Å². The third-order valence-electron chi connectivity index (χ3n) is 2.90. The summed E-state index contributed by atoms with van der Waals surface area (Å²) in [5, 5.41) is 2.61. The first kappa shape index (κ1) is 16.0. The highest BCUT2D eigenvalue weighted by molar-refractivity contribution is 5.92. The van der Waals surface area contributed by atoms with Crippen molar-refractivity contribution in [3.05, 3.63) is 29.3 Å². The Kier molecular flexibility index (Phi) is 6.03. The van der Waals surface area contributed by atoms with E-state index in [-0.39, 0.29) is 5.91 Å². The minimum absolute atomic E-state index is 0.0531. The third kappa shape index (κ3) is 4.57. The van der Waals surface area contributed by atoms with E-state index < -0.39 is 6.09 Å². The SMILES string of the molecule is CCOC(=O)NCCN(C(C)=O)c1ccc(C)cc1C. The van der Waals surface area contributed by atoms with Crippen LogP contribution in [-0.2, 0) is 9.53 Å². The lowest BCUT2D eigenvalue weighted by Crippen LogP contribution is -2.38. The van der Waals surface area contributed by atoms with Gasteiger partial charge in [-0.3, -0.25) is 4.79 Å². The fraction of sp³-hybridized carbons (Fsp3) is 0.467. The summed E-state index contributed by atoms with van der Waals surface area (Å²) in [7, 11) is 0. The van der Waals surface area contributed by atoms with Gasteiger partial charge in [-0.05, 0) is 32.4 Å². The predicted octanol–water partition coefficient (Wildman–Crippen LogP) is 2.40. The van der Waals surface area contributed by atoms with Gasteiger partial charge in [-0.2, -0.15) is 0 Å². The first-order valence-electron chi connectivity index (χ1n) is 6.71. The van der Waals surface area contributed by atoms with Crippen molar-refractivity contribution in [3.8, 4) is 0 Å². The van der Waals surface area contributed by atoms with Crippen molar-refractivity contribution in [1.82, 2.24) is 5.32 Å². The van der Waals surface area contributed by atoms with E-state index >= 15 is 0 Å². The van der Waals surface area contributed by atoms with E-state index in [4.69, 9.17) is 4.74 Å². The number of anilines is 1. The van der Waals surface area contributed by atoms with Gasteiger partial charge in [0.25, 0.3) is 0 Å². The Morgan fingerprint density at radius 1 is 1.30 bits per heavy atom. The van der Waals surface area contributed by atoms with E-state index in [1.54, 1.807) is 11.8 Å². The molecule has 0 atom stereocenters. The summed E-state index contributed by atoms with van der Waals surface area (Å²) >= 11 is 0. The topological polar surface area (TPSA) is 58.6 Å². The van der Waals surface area contributed by atoms with Gasteiger partial charge in [-0.25, -0.2) is 4.79 Å². The van der Waals surface area contributed by atoms with Crippen LogP contribution in [0, 0.1) is 13.8 Å². The molecule has 1 aromatic carbocycles. The van der Waals surface area contributed by atoms with Crippen LogP contribution in [-0.4, -0.2) is 31.7 Å². The molecule has 0 spiro atoms. The minimum Gasteiger partial charge on any atom is -0.450 e. The summed E-state index contributed by atoms with van der Waals surface area (Å²) < 4.78 is 4.78. The van der Waals surface area contributed by atoms with Gasteiger partial charge in [-0.1, -0.05) is 17.7 Å². The van der Waals surface area contributed by atoms with Crippen LogP contribution in [0.15, 0.2) is 18.2 Å². The van der Waals surface area contributed by atoms with Gasteiger partial charge < -0.3 is 15.0 Å². The summed E-state index contributed by atoms with van der Waals surface area (Å²) in [4.78, 5) is 24.6. The Hall–Kier alpha value is -2.04. The standard InChI is InChI=1S/C15H22N2O3/c1-5-20-15(19)16-8-9-17(13(4)18)14-7-6-11(2)10-12(14)3/h6-7,10H,5,8-9H2,1-4H3,(H,16,19). The van der Waals surface area contributed by atoms with Crippen LogP contribution in [0.3, 0.4) is 0 Å². The molecule has 5 nitrogen and oxygen atoms in total. The van der Waals surface area contributed by atoms with Crippen molar-refractivity contribution in [3.63, 3.8) is 0 Å². The molecule has 0 unspecified atom stereocenters. The second-order valence-corrected chi connectivity index (χ2v) is 4.61. The molecule has 0 fully saturated rings. The van der Waals surface area contributed by atoms with Gasteiger partial charge in [0.1, 0.15) is 0 Å². The number of ether oxygens (including phenoxy) is 1. The maximum Gasteiger partial charge on any atom is 0.407 e. The van der Waals surface area contributed by atoms with Crippen LogP contribution < -0.4 is 10.2 Å². The fourth-order valence-electron chi connectivity index (χ4n) is 2.01. The average Bonchev–Trinajstić information content (AvgIpc) is 2.36. The van der Waals surface area contributed by atoms with Crippen LogP contribution in [0.1, 0.15) is 25.0 Å². The van der Waals surface area contributed by atoms with Crippen molar-refractivity contribution in [1.29, 1.82) is 0 Å². The van der Waals surface area contributed by atoms with E-state index in [2.05, 4.69) is 5.32 Å². The molecule has 2 amide bonds. The molecule has 0 saturated carbocycles. The number of hydrogen-bond acceptors (Lipinski definition) is 3. The van der Waals surface area contributed by atoms with E-state index in [0.29, 0.717) is 19.7 Å². The normalized spacial score (nSPS) is 10.0. The number of nitrogens with one attached hydrogen (secondary N) is 1. The minimum atomic E-state index is -0.461. The Balaban J connectivity index is 2.70. The van der Waals surface area contributed by atoms with Crippen molar-refractivity contribution >= 4 is 17.7 Å². The second kappa shape index (κ2) is 7.53. The summed E-state index contributed by atoms with van der Waals surface area (Å²) in [6.07, 6.45) is -0.461. The van der Waals surface area contributed by atoms with Gasteiger partial charge in [0.15, 0.2) is 0 Å². The first-order valence-corrected chi connectivity index (χ1v) is 6.71. The highest BCUT2D eigenvalue weighted by atomic mass is 16.5. The summed E-state index contributed by atoms with van der Waals surface area (Å²) in [5.41, 5.74) is 3.06. The van der Waals surface area contributed by atoms with Crippen LogP contribution in [0.4, 0.5) is 10.5 Å². The van der Waals surface area contributed by atoms with Gasteiger partial charge in [0.05, 0.1) is 6.61 Å². The van der Waals surface area contributed by atoms with Crippen molar-refractivity contribution < 1.29 is 14.3 Å². The molecule has 0 saturated heterocycles. The van der Waals surface area contributed by atoms with E-state index in [1.807, 2.05) is 32.0 Å². The number of hydrogen-bond donors (Lipinski definition) is 1. The van der Waals surface area contributed by atoms with Crippen LogP contribution in [0.2, 0.25) is 0 Å². The zero-order valence-corrected chi connectivity index (χ0v) is 12.5. The highest BCUT2D eigenvalue weighted by Gasteiger charge is 2.14. The number of carbonyl (C=O) groups excluding carboxylic acids is 2. The molecule has 5 heteroatoms. The van der Waals surface area contributed by atoms with Crippen LogP contribution >= 0.6 is 0 Å². The quantitative estimate of drug-likeness (QED) is 0.899. The zero-order chi connectivity index (χ0) is 15.1. The summed E-state index contributed by atoms with van der Waals surface area (Å²) in [5.74, 6) is -0.0531. The lowest BCUT2D eigenvalue weighted by Gasteiger charge is -2.23. The number of rotatable bonds is 5. The molecule has 0 heterocycles. The largest absolute Gasteiger partial charge is 0.450 e. The van der Waals surface area contributed by atoms with Crippen LogP contribution in [0.5, 0.6) is 0 Å². The van der Waals surface area contributed by atoms with Crippen LogP contribution in [0.25, 0.3) is 0 Å². The van der Waals surface area contributed by atoms with Crippen molar-refractivity contribution in [2.75, 3.05) is 24.6 Å². The Morgan fingerprint density at radius 3 is 2.55 bits per heavy atom. The Morgan fingerprint density at radius 2 is 2.00 bits per heavy atom. The number of nitrogens with zero attached hydrogens (tertiary/aromatic N) is 1. The number of carbonyl (C=O) groups is 2. The maximum atomic E-state index is 11.8. The first-order chi connectivity index (χ1) is 9.45. The van der Waals surface area contributed by atoms with Gasteiger partial charge >= 0.3 is 6.09 Å². The molecule has 0 aromatic heterocycles. The highest BCUT2D eigenvalue weighted by Crippen LogP contribution is 2.21.